The number of hydrogen-bond donors (Lipinski definition) is 1. The van der Waals surface area contributed by atoms with Crippen LogP contribution in [0.2, 0.25) is 0 Å². The van der Waals surface area contributed by atoms with E-state index in [-0.39, 0.29) is 31.6 Å². The number of para-hydroxylation sites is 2. The van der Waals surface area contributed by atoms with Crippen molar-refractivity contribution in [2.75, 3.05) is 13.2 Å². The van der Waals surface area contributed by atoms with Crippen molar-refractivity contribution in [2.45, 2.75) is 26.4 Å². The molecule has 0 fully saturated rings. The van der Waals surface area contributed by atoms with Crippen LogP contribution in [0.25, 0.3) is 11.1 Å². The number of hydrogen-bond acceptors (Lipinski definition) is 4. The Morgan fingerprint density at radius 3 is 2.75 bits per heavy atom. The molecule has 1 heterocycles. The molecule has 0 aliphatic heterocycles. The molecule has 0 bridgehead atoms. The van der Waals surface area contributed by atoms with Crippen molar-refractivity contribution in [1.29, 1.82) is 0 Å². The minimum Gasteiger partial charge on any atom is -0.408 e. The summed E-state index contributed by atoms with van der Waals surface area (Å²) in [4.78, 5) is 25.6. The number of oxazole rings is 1. The molecule has 1 aromatic heterocycles. The number of nitrogens with zero attached hydrogens (tertiary/aromatic N) is 2. The van der Waals surface area contributed by atoms with Gasteiger partial charge in [0.05, 0.1) is 12.1 Å². The Morgan fingerprint density at radius 2 is 2.10 bits per heavy atom. The topological polar surface area (TPSA) is 75.7 Å². The van der Waals surface area contributed by atoms with Crippen LogP contribution >= 0.6 is 0 Å². The van der Waals surface area contributed by atoms with Gasteiger partial charge < -0.3 is 14.4 Å². The van der Waals surface area contributed by atoms with Gasteiger partial charge >= 0.3 is 5.76 Å². The van der Waals surface area contributed by atoms with Crippen LogP contribution in [0.1, 0.15) is 13.8 Å². The van der Waals surface area contributed by atoms with E-state index in [1.807, 2.05) is 13.8 Å². The maximum atomic E-state index is 12.3. The molecule has 20 heavy (non-hydrogen) atoms. The van der Waals surface area contributed by atoms with Crippen LogP contribution < -0.4 is 5.76 Å². The van der Waals surface area contributed by atoms with Crippen LogP contribution in [0, 0.1) is 0 Å². The van der Waals surface area contributed by atoms with Gasteiger partial charge in [-0.05, 0) is 26.0 Å². The zero-order valence-electron chi connectivity index (χ0n) is 11.6. The minimum atomic E-state index is -0.549. The molecule has 6 heteroatoms. The molecule has 1 N–H and O–H groups in total. The van der Waals surface area contributed by atoms with E-state index < -0.39 is 5.76 Å². The third kappa shape index (κ3) is 2.75. The second-order valence-corrected chi connectivity index (χ2v) is 4.83. The number of aliphatic hydroxyl groups excluding tert-OH is 1. The van der Waals surface area contributed by atoms with E-state index in [1.54, 1.807) is 24.3 Å². The van der Waals surface area contributed by atoms with E-state index in [9.17, 15) is 9.59 Å². The number of aliphatic hydroxyl groups is 1. The van der Waals surface area contributed by atoms with Crippen molar-refractivity contribution in [2.24, 2.45) is 0 Å². The maximum absolute atomic E-state index is 12.3. The predicted octanol–water partition coefficient (Wildman–Crippen LogP) is 0.824. The summed E-state index contributed by atoms with van der Waals surface area (Å²) in [6.07, 6.45) is 0. The average Bonchev–Trinajstić information content (AvgIpc) is 2.72. The van der Waals surface area contributed by atoms with Gasteiger partial charge in [-0.15, -0.1) is 0 Å². The van der Waals surface area contributed by atoms with E-state index >= 15 is 0 Å². The summed E-state index contributed by atoms with van der Waals surface area (Å²) >= 11 is 0. The highest BCUT2D eigenvalue weighted by atomic mass is 16.4. The van der Waals surface area contributed by atoms with Crippen LogP contribution in [0.5, 0.6) is 0 Å². The summed E-state index contributed by atoms with van der Waals surface area (Å²) in [5.74, 6) is -0.769. The smallest absolute Gasteiger partial charge is 0.408 e. The lowest BCUT2D eigenvalue weighted by molar-refractivity contribution is -0.134. The normalized spacial score (nSPS) is 11.2. The largest absolute Gasteiger partial charge is 0.420 e. The van der Waals surface area contributed by atoms with Crippen LogP contribution in [0.4, 0.5) is 0 Å². The minimum absolute atomic E-state index is 0.0384. The summed E-state index contributed by atoms with van der Waals surface area (Å²) in [6, 6.07) is 6.93. The van der Waals surface area contributed by atoms with Crippen molar-refractivity contribution >= 4 is 17.0 Å². The third-order valence-electron chi connectivity index (χ3n) is 3.15. The standard InChI is InChI=1S/C14H18N2O4/c1-10(2)15(7-8-17)13(18)9-16-11-5-3-4-6-12(11)20-14(16)19/h3-6,10,17H,7-9H2,1-2H3. The van der Waals surface area contributed by atoms with Crippen molar-refractivity contribution in [1.82, 2.24) is 9.47 Å². The molecule has 1 amide bonds. The molecule has 0 spiro atoms. The van der Waals surface area contributed by atoms with Crippen molar-refractivity contribution in [3.8, 4) is 0 Å². The van der Waals surface area contributed by atoms with Gasteiger partial charge in [0.15, 0.2) is 5.58 Å². The molecule has 0 aliphatic rings. The van der Waals surface area contributed by atoms with E-state index in [2.05, 4.69) is 0 Å². The number of amides is 1. The average molecular weight is 278 g/mol. The fourth-order valence-corrected chi connectivity index (χ4v) is 2.17. The van der Waals surface area contributed by atoms with Gasteiger partial charge in [0, 0.05) is 12.6 Å². The van der Waals surface area contributed by atoms with Gasteiger partial charge in [0.25, 0.3) is 0 Å². The van der Waals surface area contributed by atoms with Gasteiger partial charge in [-0.2, -0.15) is 0 Å². The summed E-state index contributed by atoms with van der Waals surface area (Å²) < 4.78 is 6.40. The summed E-state index contributed by atoms with van der Waals surface area (Å²) in [5, 5.41) is 9.01. The first-order chi connectivity index (χ1) is 9.54. The third-order valence-corrected chi connectivity index (χ3v) is 3.15. The molecule has 6 nitrogen and oxygen atoms in total. The molecular weight excluding hydrogens is 260 g/mol. The van der Waals surface area contributed by atoms with Crippen LogP contribution in [-0.2, 0) is 11.3 Å². The van der Waals surface area contributed by atoms with Gasteiger partial charge in [-0.25, -0.2) is 4.79 Å². The predicted molar refractivity (Wildman–Crippen MR) is 74.4 cm³/mol. The summed E-state index contributed by atoms with van der Waals surface area (Å²) in [5.41, 5.74) is 1.06. The van der Waals surface area contributed by atoms with E-state index in [0.717, 1.165) is 0 Å². The molecule has 0 atom stereocenters. The first-order valence-electron chi connectivity index (χ1n) is 6.53. The number of carbonyl (C=O) groups excluding carboxylic acids is 1. The van der Waals surface area contributed by atoms with Crippen molar-refractivity contribution in [3.05, 3.63) is 34.8 Å². The molecule has 2 rings (SSSR count). The van der Waals surface area contributed by atoms with Crippen LogP contribution in [-0.4, -0.2) is 39.7 Å². The lowest BCUT2D eigenvalue weighted by atomic mass is 10.3. The van der Waals surface area contributed by atoms with Gasteiger partial charge in [0.1, 0.15) is 6.54 Å². The van der Waals surface area contributed by atoms with E-state index in [0.29, 0.717) is 11.1 Å². The van der Waals surface area contributed by atoms with Gasteiger partial charge in [0.2, 0.25) is 5.91 Å². The monoisotopic (exact) mass is 278 g/mol. The Kier molecular flexibility index (Phi) is 4.24. The number of carbonyl (C=O) groups is 1. The number of benzene rings is 1. The second kappa shape index (κ2) is 5.92. The molecule has 2 aromatic rings. The number of fused-ring (bicyclic) bond motifs is 1. The molecular formula is C14H18N2O4. The first kappa shape index (κ1) is 14.3. The number of aromatic nitrogens is 1. The lowest BCUT2D eigenvalue weighted by Crippen LogP contribution is -2.41. The number of rotatable bonds is 5. The molecule has 0 radical (unpaired) electrons. The highest BCUT2D eigenvalue weighted by Crippen LogP contribution is 2.12. The van der Waals surface area contributed by atoms with Gasteiger partial charge in [-0.1, -0.05) is 12.1 Å². The van der Waals surface area contributed by atoms with Crippen LogP contribution in [0.15, 0.2) is 33.5 Å². The first-order valence-corrected chi connectivity index (χ1v) is 6.53. The molecule has 0 saturated heterocycles. The highest BCUT2D eigenvalue weighted by molar-refractivity contribution is 5.79. The molecule has 1 aromatic carbocycles. The molecule has 108 valence electrons. The Morgan fingerprint density at radius 1 is 1.40 bits per heavy atom. The maximum Gasteiger partial charge on any atom is 0.420 e. The Balaban J connectivity index is 2.29. The van der Waals surface area contributed by atoms with E-state index in [4.69, 9.17) is 9.52 Å². The Labute approximate surface area is 116 Å². The Hall–Kier alpha value is -2.08. The molecule has 0 saturated carbocycles. The van der Waals surface area contributed by atoms with Crippen molar-refractivity contribution in [3.63, 3.8) is 0 Å². The molecule has 0 aliphatic carbocycles. The fraction of sp³-hybridized carbons (Fsp3) is 0.429. The van der Waals surface area contributed by atoms with Crippen molar-refractivity contribution < 1.29 is 14.3 Å². The molecule has 0 unspecified atom stereocenters. The second-order valence-electron chi connectivity index (χ2n) is 4.83. The Bertz CT molecular complexity index is 656. The summed E-state index contributed by atoms with van der Waals surface area (Å²) in [6.45, 7) is 3.79. The zero-order valence-corrected chi connectivity index (χ0v) is 11.6. The van der Waals surface area contributed by atoms with E-state index in [1.165, 1.54) is 9.47 Å². The SMILES string of the molecule is CC(C)N(CCO)C(=O)Cn1c(=O)oc2ccccc21. The van der Waals surface area contributed by atoms with Crippen LogP contribution in [0.3, 0.4) is 0 Å². The zero-order chi connectivity index (χ0) is 14.7. The van der Waals surface area contributed by atoms with Gasteiger partial charge in [-0.3, -0.25) is 9.36 Å². The highest BCUT2D eigenvalue weighted by Gasteiger charge is 2.19. The lowest BCUT2D eigenvalue weighted by Gasteiger charge is -2.25. The quantitative estimate of drug-likeness (QED) is 0.878. The summed E-state index contributed by atoms with van der Waals surface area (Å²) in [7, 11) is 0. The fourth-order valence-electron chi connectivity index (χ4n) is 2.17.